The van der Waals surface area contributed by atoms with Crippen LogP contribution in [0.4, 0.5) is 30.6 Å². The highest BCUT2D eigenvalue weighted by Gasteiger charge is 2.33. The zero-order chi connectivity index (χ0) is 14.3. The molecule has 0 aliphatic carbocycles. The number of amides is 2. The standard InChI is InChI=1S/C13H9F2N3O2/c14-8-4-3-5-9(15)12(8)17-13(19)16-10-6-1-2-7-11(10)18(17)20/h1-7,20H,(H,16,19). The molecule has 3 rings (SSSR count). The summed E-state index contributed by atoms with van der Waals surface area (Å²) in [6, 6.07) is 8.65. The maximum absolute atomic E-state index is 13.8. The average molecular weight is 277 g/mol. The van der Waals surface area contributed by atoms with Crippen LogP contribution in [0.3, 0.4) is 0 Å². The van der Waals surface area contributed by atoms with Crippen molar-refractivity contribution < 1.29 is 18.8 Å². The Labute approximate surface area is 112 Å². The molecule has 0 saturated carbocycles. The maximum atomic E-state index is 13.8. The van der Waals surface area contributed by atoms with Gasteiger partial charge in [0.2, 0.25) is 0 Å². The van der Waals surface area contributed by atoms with E-state index in [1.807, 2.05) is 0 Å². The highest BCUT2D eigenvalue weighted by atomic mass is 19.1. The molecule has 0 radical (unpaired) electrons. The third-order valence-electron chi connectivity index (χ3n) is 2.89. The molecule has 5 nitrogen and oxygen atoms in total. The number of nitrogens with zero attached hydrogens (tertiary/aromatic N) is 2. The van der Waals surface area contributed by atoms with E-state index in [1.54, 1.807) is 18.2 Å². The number of hydrogen-bond acceptors (Lipinski definition) is 3. The lowest BCUT2D eigenvalue weighted by Gasteiger charge is -2.36. The first-order valence-corrected chi connectivity index (χ1v) is 5.72. The summed E-state index contributed by atoms with van der Waals surface area (Å²) < 4.78 is 27.5. The third-order valence-corrected chi connectivity index (χ3v) is 2.89. The van der Waals surface area contributed by atoms with Gasteiger partial charge in [-0.25, -0.2) is 13.6 Å². The summed E-state index contributed by atoms with van der Waals surface area (Å²) in [7, 11) is 0. The second-order valence-corrected chi connectivity index (χ2v) is 4.12. The van der Waals surface area contributed by atoms with Crippen LogP contribution in [0.1, 0.15) is 0 Å². The first-order valence-electron chi connectivity index (χ1n) is 5.72. The number of para-hydroxylation sites is 3. The van der Waals surface area contributed by atoms with Crippen molar-refractivity contribution in [2.45, 2.75) is 0 Å². The molecule has 2 aromatic rings. The van der Waals surface area contributed by atoms with Crippen LogP contribution in [0.25, 0.3) is 0 Å². The number of fused-ring (bicyclic) bond motifs is 1. The fraction of sp³-hybridized carbons (Fsp3) is 0. The number of rotatable bonds is 1. The molecule has 1 heterocycles. The minimum absolute atomic E-state index is 0.203. The van der Waals surface area contributed by atoms with Gasteiger partial charge in [-0.3, -0.25) is 5.21 Å². The van der Waals surface area contributed by atoms with E-state index in [0.717, 1.165) is 12.1 Å². The van der Waals surface area contributed by atoms with Crippen LogP contribution in [0, 0.1) is 11.6 Å². The second-order valence-electron chi connectivity index (χ2n) is 4.12. The SMILES string of the molecule is O=C1Nc2ccccc2N(O)N1c1c(F)cccc1F. The van der Waals surface area contributed by atoms with Crippen LogP contribution in [-0.2, 0) is 0 Å². The minimum atomic E-state index is -0.960. The third kappa shape index (κ3) is 1.76. The normalized spacial score (nSPS) is 14.1. The molecular weight excluding hydrogens is 268 g/mol. The second kappa shape index (κ2) is 4.46. The van der Waals surface area contributed by atoms with Crippen molar-refractivity contribution in [3.05, 3.63) is 54.1 Å². The van der Waals surface area contributed by atoms with Crippen LogP contribution in [0.5, 0.6) is 0 Å². The van der Waals surface area contributed by atoms with E-state index in [9.17, 15) is 18.8 Å². The van der Waals surface area contributed by atoms with Crippen LogP contribution < -0.4 is 15.5 Å². The Bertz CT molecular complexity index is 673. The quantitative estimate of drug-likeness (QED) is 0.842. The first kappa shape index (κ1) is 12.4. The molecule has 20 heavy (non-hydrogen) atoms. The Morgan fingerprint density at radius 2 is 1.65 bits per heavy atom. The fourth-order valence-corrected chi connectivity index (χ4v) is 2.00. The molecule has 2 aromatic carbocycles. The van der Waals surface area contributed by atoms with Gasteiger partial charge in [-0.15, -0.1) is 0 Å². The minimum Gasteiger partial charge on any atom is -0.304 e. The van der Waals surface area contributed by atoms with Gasteiger partial charge < -0.3 is 5.32 Å². The summed E-state index contributed by atoms with van der Waals surface area (Å²) in [5, 5.41) is 13.4. The van der Waals surface area contributed by atoms with Crippen LogP contribution in [-0.4, -0.2) is 11.2 Å². The van der Waals surface area contributed by atoms with Crippen molar-refractivity contribution in [1.82, 2.24) is 0 Å². The van der Waals surface area contributed by atoms with Crippen molar-refractivity contribution in [3.8, 4) is 0 Å². The van der Waals surface area contributed by atoms with Gasteiger partial charge in [-0.2, -0.15) is 10.2 Å². The van der Waals surface area contributed by atoms with E-state index in [0.29, 0.717) is 15.9 Å². The van der Waals surface area contributed by atoms with Gasteiger partial charge in [0, 0.05) is 0 Å². The first-order chi connectivity index (χ1) is 9.59. The summed E-state index contributed by atoms with van der Waals surface area (Å²) in [4.78, 5) is 12.0. The molecule has 0 saturated heterocycles. The summed E-state index contributed by atoms with van der Waals surface area (Å²) in [5.74, 6) is -1.92. The highest BCUT2D eigenvalue weighted by molar-refractivity contribution is 6.08. The zero-order valence-corrected chi connectivity index (χ0v) is 10.0. The molecule has 0 bridgehead atoms. The molecule has 0 spiro atoms. The Balaban J connectivity index is 2.14. The Morgan fingerprint density at radius 3 is 2.35 bits per heavy atom. The Hall–Kier alpha value is -2.67. The molecule has 7 heteroatoms. The van der Waals surface area contributed by atoms with Crippen LogP contribution >= 0.6 is 0 Å². The number of anilines is 3. The van der Waals surface area contributed by atoms with Crippen molar-refractivity contribution in [3.63, 3.8) is 0 Å². The number of nitrogens with one attached hydrogen (secondary N) is 1. The summed E-state index contributed by atoms with van der Waals surface area (Å²) in [6.45, 7) is 0. The monoisotopic (exact) mass is 277 g/mol. The molecular formula is C13H9F2N3O2. The summed E-state index contributed by atoms with van der Waals surface area (Å²) in [5.41, 5.74) is -0.107. The van der Waals surface area contributed by atoms with E-state index in [-0.39, 0.29) is 5.69 Å². The number of urea groups is 1. The van der Waals surface area contributed by atoms with Gasteiger partial charge in [-0.1, -0.05) is 18.2 Å². The van der Waals surface area contributed by atoms with Gasteiger partial charge in [0.05, 0.1) is 5.69 Å². The summed E-state index contributed by atoms with van der Waals surface area (Å²) >= 11 is 0. The topological polar surface area (TPSA) is 55.8 Å². The van der Waals surface area contributed by atoms with Crippen molar-refractivity contribution in [2.24, 2.45) is 0 Å². The van der Waals surface area contributed by atoms with E-state index >= 15 is 0 Å². The largest absolute Gasteiger partial charge is 0.347 e. The van der Waals surface area contributed by atoms with Gasteiger partial charge >= 0.3 is 6.03 Å². The molecule has 1 aliphatic heterocycles. The predicted octanol–water partition coefficient (Wildman–Crippen LogP) is 3.13. The number of benzene rings is 2. The summed E-state index contributed by atoms with van der Waals surface area (Å²) in [6.07, 6.45) is 0. The Morgan fingerprint density at radius 1 is 1.00 bits per heavy atom. The van der Waals surface area contributed by atoms with Crippen molar-refractivity contribution in [1.29, 1.82) is 0 Å². The number of hydrazine groups is 1. The molecule has 0 atom stereocenters. The van der Waals surface area contributed by atoms with E-state index < -0.39 is 23.4 Å². The van der Waals surface area contributed by atoms with Gasteiger partial charge in [0.1, 0.15) is 11.4 Å². The maximum Gasteiger partial charge on any atom is 0.347 e. The number of halogens is 2. The molecule has 1 aliphatic rings. The number of carbonyl (C=O) groups excluding carboxylic acids is 1. The molecule has 0 unspecified atom stereocenters. The van der Waals surface area contributed by atoms with E-state index in [2.05, 4.69) is 5.32 Å². The molecule has 0 fully saturated rings. The Kier molecular flexibility index (Phi) is 2.76. The highest BCUT2D eigenvalue weighted by Crippen LogP contribution is 2.34. The van der Waals surface area contributed by atoms with Crippen molar-refractivity contribution >= 4 is 23.1 Å². The van der Waals surface area contributed by atoms with E-state index in [1.165, 1.54) is 12.1 Å². The molecule has 102 valence electrons. The van der Waals surface area contributed by atoms with Crippen molar-refractivity contribution in [2.75, 3.05) is 15.5 Å². The molecule has 2 amide bonds. The van der Waals surface area contributed by atoms with Gasteiger partial charge in [0.25, 0.3) is 0 Å². The number of carbonyl (C=O) groups is 1. The average Bonchev–Trinajstić information content (AvgIpc) is 2.42. The van der Waals surface area contributed by atoms with Crippen LogP contribution in [0.15, 0.2) is 42.5 Å². The molecule has 0 aromatic heterocycles. The van der Waals surface area contributed by atoms with Gasteiger partial charge in [-0.05, 0) is 24.3 Å². The lowest BCUT2D eigenvalue weighted by atomic mass is 10.2. The number of hydrogen-bond donors (Lipinski definition) is 2. The van der Waals surface area contributed by atoms with Crippen LogP contribution in [0.2, 0.25) is 0 Å². The smallest absolute Gasteiger partial charge is 0.304 e. The lowest BCUT2D eigenvalue weighted by molar-refractivity contribution is 0.220. The molecule has 2 N–H and O–H groups in total. The predicted molar refractivity (Wildman–Crippen MR) is 68.6 cm³/mol. The van der Waals surface area contributed by atoms with Gasteiger partial charge in [0.15, 0.2) is 11.6 Å². The fourth-order valence-electron chi connectivity index (χ4n) is 2.00. The lowest BCUT2D eigenvalue weighted by Crippen LogP contribution is -2.51. The zero-order valence-electron chi connectivity index (χ0n) is 10.0. The van der Waals surface area contributed by atoms with E-state index in [4.69, 9.17) is 0 Å².